The quantitative estimate of drug-likeness (QED) is 0.605. The minimum Gasteiger partial charge on any atom is -0.489 e. The van der Waals surface area contributed by atoms with Gasteiger partial charge in [-0.2, -0.15) is 0 Å². The van der Waals surface area contributed by atoms with Crippen molar-refractivity contribution < 1.29 is 9.53 Å². The molecule has 0 bridgehead atoms. The van der Waals surface area contributed by atoms with E-state index in [9.17, 15) is 4.79 Å². The summed E-state index contributed by atoms with van der Waals surface area (Å²) >= 11 is 0. The van der Waals surface area contributed by atoms with Crippen molar-refractivity contribution in [1.29, 1.82) is 0 Å². The van der Waals surface area contributed by atoms with Gasteiger partial charge in [-0.05, 0) is 41.0 Å². The zero-order chi connectivity index (χ0) is 22.2. The Balaban J connectivity index is 1.44. The van der Waals surface area contributed by atoms with E-state index in [1.165, 1.54) is 11.3 Å². The van der Waals surface area contributed by atoms with Crippen LogP contribution in [0.15, 0.2) is 84.9 Å². The number of anilines is 1. The van der Waals surface area contributed by atoms with Gasteiger partial charge in [-0.25, -0.2) is 0 Å². The van der Waals surface area contributed by atoms with E-state index in [2.05, 4.69) is 78.7 Å². The summed E-state index contributed by atoms with van der Waals surface area (Å²) in [5.74, 6) is 0.915. The Morgan fingerprint density at radius 3 is 2.62 bits per heavy atom. The van der Waals surface area contributed by atoms with Crippen molar-refractivity contribution in [3.8, 4) is 5.75 Å². The molecule has 32 heavy (non-hydrogen) atoms. The summed E-state index contributed by atoms with van der Waals surface area (Å²) in [6, 6.07) is 26.7. The molecule has 4 nitrogen and oxygen atoms in total. The van der Waals surface area contributed by atoms with Crippen molar-refractivity contribution in [1.82, 2.24) is 5.32 Å². The highest BCUT2D eigenvalue weighted by atomic mass is 16.5. The summed E-state index contributed by atoms with van der Waals surface area (Å²) in [5.41, 5.74) is 3.74. The molecule has 4 heteroatoms. The molecule has 3 aromatic rings. The lowest BCUT2D eigenvalue weighted by Gasteiger charge is -2.49. The van der Waals surface area contributed by atoms with E-state index >= 15 is 0 Å². The second-order valence-electron chi connectivity index (χ2n) is 9.04. The SMILES string of the molecule is CC1(C)c2ccccc2N2CCC(=O)NC21/C=C/c1cccc(OCc2ccccc2)c1. The van der Waals surface area contributed by atoms with Crippen LogP contribution in [-0.2, 0) is 16.8 Å². The van der Waals surface area contributed by atoms with Crippen molar-refractivity contribution in [3.05, 3.63) is 102 Å². The molecule has 1 fully saturated rings. The van der Waals surface area contributed by atoms with Crippen LogP contribution in [0.4, 0.5) is 5.69 Å². The van der Waals surface area contributed by atoms with Crippen LogP contribution in [0.3, 0.4) is 0 Å². The van der Waals surface area contributed by atoms with Gasteiger partial charge in [0.2, 0.25) is 5.91 Å². The molecule has 1 amide bonds. The summed E-state index contributed by atoms with van der Waals surface area (Å²) in [6.45, 7) is 5.66. The Kier molecular flexibility index (Phi) is 5.01. The topological polar surface area (TPSA) is 41.6 Å². The third kappa shape index (κ3) is 3.36. The molecule has 1 saturated heterocycles. The Labute approximate surface area is 189 Å². The number of carbonyl (C=O) groups excluding carboxylic acids is 1. The minimum absolute atomic E-state index is 0.0896. The summed E-state index contributed by atoms with van der Waals surface area (Å²) in [7, 11) is 0. The van der Waals surface area contributed by atoms with Crippen molar-refractivity contribution in [3.63, 3.8) is 0 Å². The van der Waals surface area contributed by atoms with Crippen LogP contribution in [0, 0.1) is 0 Å². The normalized spacial score (nSPS) is 21.2. The molecule has 2 aliphatic rings. The molecular formula is C28H28N2O2. The molecule has 5 rings (SSSR count). The van der Waals surface area contributed by atoms with Gasteiger partial charge in [-0.15, -0.1) is 0 Å². The first-order valence-corrected chi connectivity index (χ1v) is 11.1. The average molecular weight is 425 g/mol. The number of hydrogen-bond acceptors (Lipinski definition) is 3. The van der Waals surface area contributed by atoms with Gasteiger partial charge in [-0.3, -0.25) is 4.79 Å². The van der Waals surface area contributed by atoms with Gasteiger partial charge < -0.3 is 15.0 Å². The predicted molar refractivity (Wildman–Crippen MR) is 129 cm³/mol. The van der Waals surface area contributed by atoms with Crippen molar-refractivity contribution >= 4 is 17.7 Å². The van der Waals surface area contributed by atoms with Gasteiger partial charge in [0.15, 0.2) is 0 Å². The number of carbonyl (C=O) groups is 1. The maximum Gasteiger partial charge on any atom is 0.223 e. The first-order chi connectivity index (χ1) is 15.5. The number of nitrogens with zero attached hydrogens (tertiary/aromatic N) is 1. The predicted octanol–water partition coefficient (Wildman–Crippen LogP) is 5.29. The maximum absolute atomic E-state index is 12.5. The average Bonchev–Trinajstić information content (AvgIpc) is 3.01. The van der Waals surface area contributed by atoms with E-state index in [-0.39, 0.29) is 11.3 Å². The third-order valence-electron chi connectivity index (χ3n) is 6.76. The fraction of sp³-hybridized carbons (Fsp3) is 0.250. The molecule has 0 radical (unpaired) electrons. The summed E-state index contributed by atoms with van der Waals surface area (Å²) in [6.07, 6.45) is 4.75. The highest BCUT2D eigenvalue weighted by Crippen LogP contribution is 2.52. The molecule has 3 aromatic carbocycles. The number of nitrogens with one attached hydrogen (secondary N) is 1. The van der Waals surface area contributed by atoms with E-state index in [4.69, 9.17) is 4.74 Å². The van der Waals surface area contributed by atoms with Crippen molar-refractivity contribution in [2.24, 2.45) is 0 Å². The van der Waals surface area contributed by atoms with Gasteiger partial charge >= 0.3 is 0 Å². The fourth-order valence-electron chi connectivity index (χ4n) is 4.98. The van der Waals surface area contributed by atoms with Crippen LogP contribution in [0.5, 0.6) is 5.75 Å². The number of para-hydroxylation sites is 1. The molecule has 0 spiro atoms. The van der Waals surface area contributed by atoms with Crippen molar-refractivity contribution in [2.75, 3.05) is 11.4 Å². The molecule has 0 aromatic heterocycles. The molecule has 1 N–H and O–H groups in total. The zero-order valence-corrected chi connectivity index (χ0v) is 18.5. The smallest absolute Gasteiger partial charge is 0.223 e. The number of ether oxygens (including phenoxy) is 1. The summed E-state index contributed by atoms with van der Waals surface area (Å²) < 4.78 is 6.00. The van der Waals surface area contributed by atoms with Gasteiger partial charge in [0.1, 0.15) is 18.0 Å². The van der Waals surface area contributed by atoms with Crippen LogP contribution in [0.25, 0.3) is 6.08 Å². The number of benzene rings is 3. The molecular weight excluding hydrogens is 396 g/mol. The van der Waals surface area contributed by atoms with Crippen LogP contribution in [-0.4, -0.2) is 18.1 Å². The van der Waals surface area contributed by atoms with Gasteiger partial charge in [0.05, 0.1) is 0 Å². The second kappa shape index (κ2) is 7.86. The van der Waals surface area contributed by atoms with Crippen LogP contribution < -0.4 is 15.0 Å². The number of rotatable bonds is 5. The Hall–Kier alpha value is -3.53. The molecule has 0 aliphatic carbocycles. The first-order valence-electron chi connectivity index (χ1n) is 11.1. The summed E-state index contributed by atoms with van der Waals surface area (Å²) in [5, 5.41) is 3.33. The largest absolute Gasteiger partial charge is 0.489 e. The molecule has 2 aliphatic heterocycles. The standard InChI is InChI=1S/C28H28N2O2/c1-27(2)24-13-6-7-14-25(24)30-18-16-26(31)29-28(27,30)17-15-21-11-8-12-23(19-21)32-20-22-9-4-3-5-10-22/h3-15,17,19H,16,18,20H2,1-2H3,(H,29,31)/b17-15+. The van der Waals surface area contributed by atoms with Crippen LogP contribution in [0.2, 0.25) is 0 Å². The lowest BCUT2D eigenvalue weighted by atomic mass is 9.74. The number of hydrogen-bond donors (Lipinski definition) is 1. The van der Waals surface area contributed by atoms with E-state index < -0.39 is 5.66 Å². The molecule has 0 saturated carbocycles. The van der Waals surface area contributed by atoms with Crippen LogP contribution in [0.1, 0.15) is 37.0 Å². The highest BCUT2D eigenvalue weighted by Gasteiger charge is 2.57. The Bertz CT molecular complexity index is 1170. The first kappa shape index (κ1) is 20.4. The minimum atomic E-state index is -0.604. The van der Waals surface area contributed by atoms with E-state index in [1.54, 1.807) is 0 Å². The molecule has 162 valence electrons. The number of fused-ring (bicyclic) bond motifs is 3. The lowest BCUT2D eigenvalue weighted by Crippen LogP contribution is -2.68. The third-order valence-corrected chi connectivity index (χ3v) is 6.76. The van der Waals surface area contributed by atoms with Gasteiger partial charge in [0.25, 0.3) is 0 Å². The molecule has 1 unspecified atom stereocenters. The Morgan fingerprint density at radius 1 is 1.00 bits per heavy atom. The zero-order valence-electron chi connectivity index (χ0n) is 18.5. The van der Waals surface area contributed by atoms with Gasteiger partial charge in [-0.1, -0.05) is 80.6 Å². The molecule has 2 heterocycles. The van der Waals surface area contributed by atoms with Crippen LogP contribution >= 0.6 is 0 Å². The fourth-order valence-corrected chi connectivity index (χ4v) is 4.98. The summed E-state index contributed by atoms with van der Waals surface area (Å²) in [4.78, 5) is 14.9. The maximum atomic E-state index is 12.5. The highest BCUT2D eigenvalue weighted by molar-refractivity contribution is 5.84. The van der Waals surface area contributed by atoms with E-state index in [0.717, 1.165) is 16.9 Å². The Morgan fingerprint density at radius 2 is 1.78 bits per heavy atom. The number of amides is 1. The van der Waals surface area contributed by atoms with E-state index in [0.29, 0.717) is 19.6 Å². The monoisotopic (exact) mass is 424 g/mol. The molecule has 1 atom stereocenters. The van der Waals surface area contributed by atoms with Crippen molar-refractivity contribution in [2.45, 2.75) is 38.0 Å². The van der Waals surface area contributed by atoms with Gasteiger partial charge in [0, 0.05) is 24.1 Å². The lowest BCUT2D eigenvalue weighted by molar-refractivity contribution is -0.124. The van der Waals surface area contributed by atoms with E-state index in [1.807, 2.05) is 36.4 Å². The second-order valence-corrected chi connectivity index (χ2v) is 9.04.